The van der Waals surface area contributed by atoms with Gasteiger partial charge in [0, 0.05) is 36.9 Å². The summed E-state index contributed by atoms with van der Waals surface area (Å²) in [4.78, 5) is 26.6. The SMILES string of the molecule is Cc1cc(N(C2CC2)C2CCN(C(=O)C3(c4ccc(F)cc4)CC3)CC2)ncn1. The largest absolute Gasteiger partial charge is 0.350 e. The number of carbonyl (C=O) groups is 1. The van der Waals surface area contributed by atoms with Crippen LogP contribution in [0, 0.1) is 12.7 Å². The lowest BCUT2D eigenvalue weighted by Crippen LogP contribution is -2.50. The fourth-order valence-corrected chi connectivity index (χ4v) is 4.78. The number of hydrogen-bond acceptors (Lipinski definition) is 4. The Morgan fingerprint density at radius 2 is 1.72 bits per heavy atom. The number of amides is 1. The zero-order valence-electron chi connectivity index (χ0n) is 16.9. The van der Waals surface area contributed by atoms with Crippen molar-refractivity contribution in [1.29, 1.82) is 0 Å². The van der Waals surface area contributed by atoms with Gasteiger partial charge in [0.05, 0.1) is 5.41 Å². The lowest BCUT2D eigenvalue weighted by Gasteiger charge is -2.40. The smallest absolute Gasteiger partial charge is 0.233 e. The van der Waals surface area contributed by atoms with E-state index in [0.717, 1.165) is 55.8 Å². The summed E-state index contributed by atoms with van der Waals surface area (Å²) in [5.41, 5.74) is 1.53. The molecule has 0 bridgehead atoms. The van der Waals surface area contributed by atoms with Crippen molar-refractivity contribution in [3.8, 4) is 0 Å². The highest BCUT2D eigenvalue weighted by molar-refractivity contribution is 5.91. The standard InChI is InChI=1S/C23H27FN4O/c1-16-14-21(26-15-25-16)28(19-6-7-19)20-8-12-27(13-9-20)22(29)23(10-11-23)17-2-4-18(24)5-3-17/h2-5,14-15,19-20H,6-13H2,1H3. The van der Waals surface area contributed by atoms with Gasteiger partial charge < -0.3 is 9.80 Å². The fraction of sp³-hybridized carbons (Fsp3) is 0.522. The second-order valence-electron chi connectivity index (χ2n) is 8.77. The summed E-state index contributed by atoms with van der Waals surface area (Å²) < 4.78 is 13.3. The van der Waals surface area contributed by atoms with E-state index in [2.05, 4.69) is 20.9 Å². The molecule has 3 aliphatic rings. The molecule has 0 radical (unpaired) electrons. The van der Waals surface area contributed by atoms with Crippen molar-refractivity contribution in [1.82, 2.24) is 14.9 Å². The molecule has 6 heteroatoms. The summed E-state index contributed by atoms with van der Waals surface area (Å²) in [5.74, 6) is 0.992. The Morgan fingerprint density at radius 1 is 1.07 bits per heavy atom. The second kappa shape index (κ2) is 7.08. The van der Waals surface area contributed by atoms with E-state index in [9.17, 15) is 9.18 Å². The van der Waals surface area contributed by atoms with Crippen molar-refractivity contribution in [2.45, 2.75) is 62.9 Å². The lowest BCUT2D eigenvalue weighted by molar-refractivity contribution is -0.135. The average molecular weight is 394 g/mol. The van der Waals surface area contributed by atoms with Crippen molar-refractivity contribution in [2.75, 3.05) is 18.0 Å². The minimum absolute atomic E-state index is 0.221. The van der Waals surface area contributed by atoms with Crippen LogP contribution in [-0.4, -0.2) is 45.9 Å². The molecule has 1 amide bonds. The van der Waals surface area contributed by atoms with Crippen LogP contribution in [0.5, 0.6) is 0 Å². The maximum atomic E-state index is 13.3. The number of aromatic nitrogens is 2. The molecule has 0 atom stereocenters. The zero-order chi connectivity index (χ0) is 20.0. The Labute approximate surface area is 171 Å². The van der Waals surface area contributed by atoms with E-state index >= 15 is 0 Å². The number of rotatable bonds is 5. The van der Waals surface area contributed by atoms with Gasteiger partial charge in [0.25, 0.3) is 0 Å². The zero-order valence-corrected chi connectivity index (χ0v) is 16.9. The number of anilines is 1. The molecule has 1 aromatic heterocycles. The van der Waals surface area contributed by atoms with Gasteiger partial charge in [-0.3, -0.25) is 4.79 Å². The number of nitrogens with zero attached hydrogens (tertiary/aromatic N) is 4. The molecule has 3 fully saturated rings. The fourth-order valence-electron chi connectivity index (χ4n) is 4.78. The number of likely N-dealkylation sites (tertiary alicyclic amines) is 1. The summed E-state index contributed by atoms with van der Waals surface area (Å²) in [6.45, 7) is 3.56. The number of carbonyl (C=O) groups excluding carboxylic acids is 1. The molecule has 1 saturated heterocycles. The summed E-state index contributed by atoms with van der Waals surface area (Å²) in [5, 5.41) is 0. The first-order valence-electron chi connectivity index (χ1n) is 10.7. The van der Waals surface area contributed by atoms with E-state index in [-0.39, 0.29) is 11.7 Å². The van der Waals surface area contributed by atoms with E-state index in [0.29, 0.717) is 12.1 Å². The van der Waals surface area contributed by atoms with Crippen LogP contribution in [0.4, 0.5) is 10.2 Å². The van der Waals surface area contributed by atoms with Crippen molar-refractivity contribution in [2.24, 2.45) is 0 Å². The third-order valence-corrected chi connectivity index (χ3v) is 6.70. The summed E-state index contributed by atoms with van der Waals surface area (Å²) in [7, 11) is 0. The molecule has 152 valence electrons. The molecule has 2 aromatic rings. The number of benzene rings is 1. The van der Waals surface area contributed by atoms with Gasteiger partial charge in [-0.2, -0.15) is 0 Å². The molecular weight excluding hydrogens is 367 g/mol. The van der Waals surface area contributed by atoms with Crippen LogP contribution in [0.2, 0.25) is 0 Å². The van der Waals surface area contributed by atoms with E-state index in [1.165, 1.54) is 25.0 Å². The molecule has 0 N–H and O–H groups in total. The van der Waals surface area contributed by atoms with Gasteiger partial charge in [-0.15, -0.1) is 0 Å². The molecule has 2 aliphatic carbocycles. The quantitative estimate of drug-likeness (QED) is 0.777. The lowest BCUT2D eigenvalue weighted by atomic mass is 9.92. The van der Waals surface area contributed by atoms with Crippen molar-refractivity contribution < 1.29 is 9.18 Å². The van der Waals surface area contributed by atoms with Crippen LogP contribution in [0.15, 0.2) is 36.7 Å². The van der Waals surface area contributed by atoms with Gasteiger partial charge in [0.2, 0.25) is 5.91 Å². The van der Waals surface area contributed by atoms with Gasteiger partial charge in [-0.25, -0.2) is 14.4 Å². The van der Waals surface area contributed by atoms with E-state index in [4.69, 9.17) is 0 Å². The maximum Gasteiger partial charge on any atom is 0.233 e. The number of hydrogen-bond donors (Lipinski definition) is 0. The third-order valence-electron chi connectivity index (χ3n) is 6.70. The third kappa shape index (κ3) is 3.49. The highest BCUT2D eigenvalue weighted by Crippen LogP contribution is 2.50. The summed E-state index contributed by atoms with van der Waals surface area (Å²) in [6, 6.07) is 9.55. The molecular formula is C23H27FN4O. The predicted octanol–water partition coefficient (Wildman–Crippen LogP) is 3.62. The Balaban J connectivity index is 1.27. The predicted molar refractivity (Wildman–Crippen MR) is 109 cm³/mol. The topological polar surface area (TPSA) is 49.3 Å². The van der Waals surface area contributed by atoms with Crippen molar-refractivity contribution >= 4 is 11.7 Å². The molecule has 1 aliphatic heterocycles. The molecule has 29 heavy (non-hydrogen) atoms. The van der Waals surface area contributed by atoms with E-state index in [1.807, 2.05) is 11.8 Å². The van der Waals surface area contributed by atoms with Gasteiger partial charge >= 0.3 is 0 Å². The Morgan fingerprint density at radius 3 is 2.31 bits per heavy atom. The molecule has 2 heterocycles. The van der Waals surface area contributed by atoms with Gasteiger partial charge in [-0.05, 0) is 63.1 Å². The normalized spacial score (nSPS) is 21.1. The highest BCUT2D eigenvalue weighted by Gasteiger charge is 2.53. The first kappa shape index (κ1) is 18.5. The van der Waals surface area contributed by atoms with Crippen LogP contribution < -0.4 is 4.90 Å². The van der Waals surface area contributed by atoms with Crippen LogP contribution in [0.1, 0.15) is 49.8 Å². The van der Waals surface area contributed by atoms with Gasteiger partial charge in [-0.1, -0.05) is 12.1 Å². The van der Waals surface area contributed by atoms with Crippen LogP contribution >= 0.6 is 0 Å². The monoisotopic (exact) mass is 394 g/mol. The molecule has 2 saturated carbocycles. The number of piperidine rings is 1. The second-order valence-corrected chi connectivity index (χ2v) is 8.77. The number of halogens is 1. The minimum Gasteiger partial charge on any atom is -0.350 e. The average Bonchev–Trinajstić information content (AvgIpc) is 3.64. The van der Waals surface area contributed by atoms with Gasteiger partial charge in [0.1, 0.15) is 18.0 Å². The van der Waals surface area contributed by atoms with Gasteiger partial charge in [0.15, 0.2) is 0 Å². The Hall–Kier alpha value is -2.50. The highest BCUT2D eigenvalue weighted by atomic mass is 19.1. The molecule has 5 rings (SSSR count). The minimum atomic E-state index is -0.416. The Kier molecular flexibility index (Phi) is 4.52. The maximum absolute atomic E-state index is 13.3. The van der Waals surface area contributed by atoms with Crippen molar-refractivity contribution in [3.05, 3.63) is 53.7 Å². The summed E-state index contributed by atoms with van der Waals surface area (Å²) in [6.07, 6.45) is 7.75. The first-order valence-corrected chi connectivity index (χ1v) is 10.7. The van der Waals surface area contributed by atoms with Crippen LogP contribution in [0.3, 0.4) is 0 Å². The molecule has 1 aromatic carbocycles. The molecule has 0 unspecified atom stereocenters. The van der Waals surface area contributed by atoms with Crippen molar-refractivity contribution in [3.63, 3.8) is 0 Å². The molecule has 0 spiro atoms. The first-order chi connectivity index (χ1) is 14.1. The Bertz CT molecular complexity index is 899. The summed E-state index contributed by atoms with van der Waals surface area (Å²) >= 11 is 0. The van der Waals surface area contributed by atoms with Crippen LogP contribution in [0.25, 0.3) is 0 Å². The molecule has 5 nitrogen and oxygen atoms in total. The van der Waals surface area contributed by atoms with E-state index in [1.54, 1.807) is 18.5 Å². The number of aryl methyl sites for hydroxylation is 1. The van der Waals surface area contributed by atoms with Crippen LogP contribution in [-0.2, 0) is 10.2 Å². The van der Waals surface area contributed by atoms with E-state index < -0.39 is 5.41 Å².